The number of amides is 2. The van der Waals surface area contributed by atoms with Gasteiger partial charge in [0.1, 0.15) is 0 Å². The summed E-state index contributed by atoms with van der Waals surface area (Å²) >= 11 is 0. The number of hydrogen-bond donors (Lipinski definition) is 1. The Morgan fingerprint density at radius 3 is 2.69 bits per heavy atom. The molecule has 0 unspecified atom stereocenters. The highest BCUT2D eigenvalue weighted by molar-refractivity contribution is 5.81. The monoisotopic (exact) mass is 399 g/mol. The van der Waals surface area contributed by atoms with E-state index in [9.17, 15) is 9.59 Å². The van der Waals surface area contributed by atoms with Crippen LogP contribution in [0.4, 0.5) is 5.69 Å². The van der Waals surface area contributed by atoms with Crippen molar-refractivity contribution in [2.45, 2.75) is 44.6 Å². The van der Waals surface area contributed by atoms with E-state index in [1.165, 1.54) is 18.4 Å². The Hall–Kier alpha value is -2.34. The fraction of sp³-hybridized carbons (Fsp3) is 0.565. The molecule has 0 spiro atoms. The van der Waals surface area contributed by atoms with Crippen molar-refractivity contribution in [1.82, 2.24) is 10.2 Å². The SMILES string of the molecule is CN(C)c1ccc(CC(=O)N2CCOC[C@@H]2CC(=O)NCC2=CCCCC2)cc1. The third kappa shape index (κ3) is 6.32. The average Bonchev–Trinajstić information content (AvgIpc) is 2.74. The molecule has 1 aromatic carbocycles. The molecular weight excluding hydrogens is 366 g/mol. The van der Waals surface area contributed by atoms with Crippen LogP contribution in [-0.2, 0) is 20.7 Å². The number of morpholine rings is 1. The van der Waals surface area contributed by atoms with Crippen LogP contribution in [0.3, 0.4) is 0 Å². The first-order valence-electron chi connectivity index (χ1n) is 10.6. The highest BCUT2D eigenvalue weighted by Gasteiger charge is 2.29. The third-order valence-electron chi connectivity index (χ3n) is 5.67. The van der Waals surface area contributed by atoms with Crippen LogP contribution >= 0.6 is 0 Å². The van der Waals surface area contributed by atoms with Crippen LogP contribution in [0.2, 0.25) is 0 Å². The minimum Gasteiger partial charge on any atom is -0.378 e. The van der Waals surface area contributed by atoms with Gasteiger partial charge in [0, 0.05) is 39.3 Å². The molecule has 1 fully saturated rings. The maximum absolute atomic E-state index is 12.9. The molecule has 1 N–H and O–H groups in total. The van der Waals surface area contributed by atoms with Crippen molar-refractivity contribution in [2.75, 3.05) is 45.3 Å². The van der Waals surface area contributed by atoms with E-state index < -0.39 is 0 Å². The molecule has 1 atom stereocenters. The molecule has 0 aromatic heterocycles. The minimum atomic E-state index is -0.197. The topological polar surface area (TPSA) is 61.9 Å². The zero-order valence-corrected chi connectivity index (χ0v) is 17.7. The van der Waals surface area contributed by atoms with Crippen LogP contribution in [0.25, 0.3) is 0 Å². The minimum absolute atomic E-state index is 0.0138. The first-order valence-corrected chi connectivity index (χ1v) is 10.6. The molecule has 2 amide bonds. The Balaban J connectivity index is 1.53. The van der Waals surface area contributed by atoms with E-state index in [0.717, 1.165) is 24.1 Å². The summed E-state index contributed by atoms with van der Waals surface area (Å²) in [5.41, 5.74) is 3.41. The van der Waals surface area contributed by atoms with Crippen molar-refractivity contribution in [3.8, 4) is 0 Å². The van der Waals surface area contributed by atoms with E-state index in [0.29, 0.717) is 39.1 Å². The summed E-state index contributed by atoms with van der Waals surface area (Å²) in [4.78, 5) is 29.2. The number of carbonyl (C=O) groups excluding carboxylic acids is 2. The van der Waals surface area contributed by atoms with Crippen LogP contribution in [0.15, 0.2) is 35.9 Å². The number of nitrogens with one attached hydrogen (secondary N) is 1. The third-order valence-corrected chi connectivity index (χ3v) is 5.67. The van der Waals surface area contributed by atoms with E-state index >= 15 is 0 Å². The predicted octanol–water partition coefficient (Wildman–Crippen LogP) is 2.53. The molecule has 6 heteroatoms. The Kier molecular flexibility index (Phi) is 7.69. The number of allylic oxidation sites excluding steroid dienone is 1. The summed E-state index contributed by atoms with van der Waals surface area (Å²) in [5, 5.41) is 3.02. The van der Waals surface area contributed by atoms with Crippen molar-refractivity contribution in [2.24, 2.45) is 0 Å². The Bertz CT molecular complexity index is 727. The summed E-state index contributed by atoms with van der Waals surface area (Å²) in [6.07, 6.45) is 7.51. The highest BCUT2D eigenvalue weighted by Crippen LogP contribution is 2.18. The van der Waals surface area contributed by atoms with Gasteiger partial charge in [-0.15, -0.1) is 0 Å². The molecule has 0 bridgehead atoms. The second-order valence-electron chi connectivity index (χ2n) is 8.14. The molecule has 29 heavy (non-hydrogen) atoms. The van der Waals surface area contributed by atoms with Crippen molar-refractivity contribution < 1.29 is 14.3 Å². The van der Waals surface area contributed by atoms with Gasteiger partial charge in [-0.2, -0.15) is 0 Å². The van der Waals surface area contributed by atoms with Crippen LogP contribution in [0.1, 0.15) is 37.7 Å². The molecule has 1 heterocycles. The zero-order valence-electron chi connectivity index (χ0n) is 17.7. The average molecular weight is 400 g/mol. The lowest BCUT2D eigenvalue weighted by Gasteiger charge is -2.35. The van der Waals surface area contributed by atoms with E-state index in [-0.39, 0.29) is 17.9 Å². The number of anilines is 1. The van der Waals surface area contributed by atoms with Crippen molar-refractivity contribution in [1.29, 1.82) is 0 Å². The maximum atomic E-state index is 12.9. The number of rotatable bonds is 7. The number of nitrogens with zero attached hydrogens (tertiary/aromatic N) is 2. The summed E-state index contributed by atoms with van der Waals surface area (Å²) in [6, 6.07) is 7.83. The standard InChI is InChI=1S/C23H33N3O3/c1-25(2)20-10-8-18(9-11-20)14-23(28)26-12-13-29-17-21(26)15-22(27)24-16-19-6-4-3-5-7-19/h6,8-11,21H,3-5,7,12-17H2,1-2H3,(H,24,27)/t21-/m0/s1. The molecule has 0 saturated carbocycles. The van der Waals surface area contributed by atoms with Crippen LogP contribution < -0.4 is 10.2 Å². The lowest BCUT2D eigenvalue weighted by molar-refractivity contribution is -0.141. The summed E-state index contributed by atoms with van der Waals surface area (Å²) in [5.74, 6) is 0.0406. The lowest BCUT2D eigenvalue weighted by atomic mass is 9.99. The second-order valence-corrected chi connectivity index (χ2v) is 8.14. The molecule has 0 radical (unpaired) electrons. The van der Waals surface area contributed by atoms with Gasteiger partial charge in [0.15, 0.2) is 0 Å². The van der Waals surface area contributed by atoms with E-state index in [1.54, 1.807) is 0 Å². The second kappa shape index (κ2) is 10.4. The van der Waals surface area contributed by atoms with Crippen molar-refractivity contribution in [3.63, 3.8) is 0 Å². The highest BCUT2D eigenvalue weighted by atomic mass is 16.5. The molecule has 1 aromatic rings. The number of carbonyl (C=O) groups is 2. The van der Waals surface area contributed by atoms with E-state index in [2.05, 4.69) is 11.4 Å². The Labute approximate surface area is 173 Å². The predicted molar refractivity (Wildman–Crippen MR) is 115 cm³/mol. The van der Waals surface area contributed by atoms with Crippen molar-refractivity contribution in [3.05, 3.63) is 41.5 Å². The van der Waals surface area contributed by atoms with Gasteiger partial charge in [-0.3, -0.25) is 9.59 Å². The molecule has 1 saturated heterocycles. The largest absolute Gasteiger partial charge is 0.378 e. The van der Waals surface area contributed by atoms with E-state index in [1.807, 2.05) is 48.2 Å². The van der Waals surface area contributed by atoms with Crippen LogP contribution in [0.5, 0.6) is 0 Å². The number of hydrogen-bond acceptors (Lipinski definition) is 4. The van der Waals surface area contributed by atoms with Crippen LogP contribution in [-0.4, -0.2) is 63.2 Å². The zero-order chi connectivity index (χ0) is 20.6. The quantitative estimate of drug-likeness (QED) is 0.716. The molecule has 2 aliphatic rings. The van der Waals surface area contributed by atoms with Gasteiger partial charge in [-0.25, -0.2) is 0 Å². The molecule has 6 nitrogen and oxygen atoms in total. The maximum Gasteiger partial charge on any atom is 0.227 e. The molecule has 1 aliphatic carbocycles. The Morgan fingerprint density at radius 2 is 2.00 bits per heavy atom. The fourth-order valence-corrected chi connectivity index (χ4v) is 3.90. The number of ether oxygens (including phenoxy) is 1. The summed E-state index contributed by atoms with van der Waals surface area (Å²) in [7, 11) is 3.99. The van der Waals surface area contributed by atoms with Gasteiger partial charge in [0.2, 0.25) is 11.8 Å². The van der Waals surface area contributed by atoms with Gasteiger partial charge < -0.3 is 19.9 Å². The normalized spacial score (nSPS) is 19.4. The van der Waals surface area contributed by atoms with Gasteiger partial charge in [0.25, 0.3) is 0 Å². The lowest BCUT2D eigenvalue weighted by Crippen LogP contribution is -2.51. The van der Waals surface area contributed by atoms with E-state index in [4.69, 9.17) is 4.74 Å². The van der Waals surface area contributed by atoms with Crippen LogP contribution in [0, 0.1) is 0 Å². The van der Waals surface area contributed by atoms with Gasteiger partial charge >= 0.3 is 0 Å². The van der Waals surface area contributed by atoms with Gasteiger partial charge in [-0.05, 0) is 43.4 Å². The van der Waals surface area contributed by atoms with Gasteiger partial charge in [-0.1, -0.05) is 23.8 Å². The molecule has 158 valence electrons. The smallest absolute Gasteiger partial charge is 0.227 e. The summed E-state index contributed by atoms with van der Waals surface area (Å²) < 4.78 is 5.56. The fourth-order valence-electron chi connectivity index (χ4n) is 3.90. The number of benzene rings is 1. The Morgan fingerprint density at radius 1 is 1.21 bits per heavy atom. The van der Waals surface area contributed by atoms with Gasteiger partial charge in [0.05, 0.1) is 25.7 Å². The first kappa shape index (κ1) is 21.4. The molecular formula is C23H33N3O3. The first-order chi connectivity index (χ1) is 14.0. The summed E-state index contributed by atoms with van der Waals surface area (Å²) in [6.45, 7) is 2.11. The van der Waals surface area contributed by atoms with Crippen molar-refractivity contribution >= 4 is 17.5 Å². The molecule has 1 aliphatic heterocycles. The molecule has 3 rings (SSSR count).